The molecule has 1 aliphatic rings. The molecule has 3 heteroatoms. The van der Waals surface area contributed by atoms with E-state index in [9.17, 15) is 4.79 Å². The van der Waals surface area contributed by atoms with E-state index >= 15 is 0 Å². The van der Waals surface area contributed by atoms with Crippen molar-refractivity contribution in [3.63, 3.8) is 0 Å². The highest BCUT2D eigenvalue weighted by Crippen LogP contribution is 2.16. The number of aryl methyl sites for hydroxylation is 2. The van der Waals surface area contributed by atoms with Gasteiger partial charge in [0.15, 0.2) is 0 Å². The molecule has 3 nitrogen and oxygen atoms in total. The van der Waals surface area contributed by atoms with E-state index in [-0.39, 0.29) is 5.91 Å². The molecule has 1 aliphatic heterocycles. The van der Waals surface area contributed by atoms with Crippen LogP contribution < -0.4 is 5.32 Å². The summed E-state index contributed by atoms with van der Waals surface area (Å²) in [5.41, 5.74) is 2.52. The lowest BCUT2D eigenvalue weighted by molar-refractivity contribution is -0.130. The molecule has 1 aromatic rings. The summed E-state index contributed by atoms with van der Waals surface area (Å²) in [5.74, 6) is 1.06. The predicted molar refractivity (Wildman–Crippen MR) is 87.3 cm³/mol. The Morgan fingerprint density at radius 2 is 2.10 bits per heavy atom. The number of amides is 1. The SMILES string of the molecule is Cc1cccc(CCC(=O)N(C)CCC2CCNCC2)c1. The number of piperidine rings is 1. The van der Waals surface area contributed by atoms with Crippen LogP contribution in [0, 0.1) is 12.8 Å². The summed E-state index contributed by atoms with van der Waals surface area (Å²) in [5, 5.41) is 3.39. The highest BCUT2D eigenvalue weighted by Gasteiger charge is 2.15. The molecule has 1 heterocycles. The van der Waals surface area contributed by atoms with Crippen LogP contribution in [0.5, 0.6) is 0 Å². The molecule has 1 fully saturated rings. The minimum Gasteiger partial charge on any atom is -0.346 e. The Balaban J connectivity index is 1.69. The standard InChI is InChI=1S/C18H28N2O/c1-15-4-3-5-17(14-15)6-7-18(21)20(2)13-10-16-8-11-19-12-9-16/h3-5,14,16,19H,6-13H2,1-2H3. The van der Waals surface area contributed by atoms with Gasteiger partial charge in [0.1, 0.15) is 0 Å². The molecule has 0 saturated carbocycles. The van der Waals surface area contributed by atoms with Crippen LogP contribution in [0.2, 0.25) is 0 Å². The Morgan fingerprint density at radius 3 is 2.81 bits per heavy atom. The van der Waals surface area contributed by atoms with E-state index < -0.39 is 0 Å². The average Bonchev–Trinajstić information content (AvgIpc) is 2.51. The second-order valence-corrected chi connectivity index (χ2v) is 6.29. The summed E-state index contributed by atoms with van der Waals surface area (Å²) in [6.45, 7) is 5.26. The van der Waals surface area contributed by atoms with Crippen LogP contribution in [0.25, 0.3) is 0 Å². The predicted octanol–water partition coefficient (Wildman–Crippen LogP) is 2.78. The molecule has 21 heavy (non-hydrogen) atoms. The largest absolute Gasteiger partial charge is 0.346 e. The van der Waals surface area contributed by atoms with Gasteiger partial charge in [-0.15, -0.1) is 0 Å². The summed E-state index contributed by atoms with van der Waals surface area (Å²) in [6.07, 6.45) is 5.12. The van der Waals surface area contributed by atoms with Gasteiger partial charge in [-0.3, -0.25) is 4.79 Å². The first-order valence-electron chi connectivity index (χ1n) is 8.15. The minimum atomic E-state index is 0.269. The topological polar surface area (TPSA) is 32.3 Å². The van der Waals surface area contributed by atoms with Crippen LogP contribution in [0.4, 0.5) is 0 Å². The number of hydrogen-bond donors (Lipinski definition) is 1. The van der Waals surface area contributed by atoms with Gasteiger partial charge in [-0.05, 0) is 57.2 Å². The molecular weight excluding hydrogens is 260 g/mol. The summed E-state index contributed by atoms with van der Waals surface area (Å²) in [4.78, 5) is 14.1. The molecule has 0 spiro atoms. The average molecular weight is 288 g/mol. The van der Waals surface area contributed by atoms with E-state index in [0.717, 1.165) is 38.4 Å². The number of carbonyl (C=O) groups is 1. The number of carbonyl (C=O) groups excluding carboxylic acids is 1. The summed E-state index contributed by atoms with van der Waals surface area (Å²) in [7, 11) is 1.94. The molecule has 0 atom stereocenters. The fraction of sp³-hybridized carbons (Fsp3) is 0.611. The normalized spacial score (nSPS) is 15.9. The molecule has 0 bridgehead atoms. The van der Waals surface area contributed by atoms with E-state index in [1.807, 2.05) is 11.9 Å². The van der Waals surface area contributed by atoms with Gasteiger partial charge in [0.2, 0.25) is 5.91 Å². The molecule has 0 aromatic heterocycles. The monoisotopic (exact) mass is 288 g/mol. The maximum absolute atomic E-state index is 12.2. The molecule has 0 radical (unpaired) electrons. The second kappa shape index (κ2) is 8.18. The van der Waals surface area contributed by atoms with Crippen molar-refractivity contribution in [1.82, 2.24) is 10.2 Å². The molecule has 1 saturated heterocycles. The Hall–Kier alpha value is -1.35. The summed E-state index contributed by atoms with van der Waals surface area (Å²) in [6, 6.07) is 8.43. The van der Waals surface area contributed by atoms with Gasteiger partial charge in [0.05, 0.1) is 0 Å². The van der Waals surface area contributed by atoms with E-state index in [4.69, 9.17) is 0 Å². The van der Waals surface area contributed by atoms with E-state index in [1.165, 1.54) is 24.0 Å². The third-order valence-corrected chi connectivity index (χ3v) is 4.47. The van der Waals surface area contributed by atoms with Crippen molar-refractivity contribution in [3.8, 4) is 0 Å². The lowest BCUT2D eigenvalue weighted by Gasteiger charge is -2.25. The number of nitrogens with zero attached hydrogens (tertiary/aromatic N) is 1. The number of nitrogens with one attached hydrogen (secondary N) is 1. The minimum absolute atomic E-state index is 0.269. The number of benzene rings is 1. The first-order chi connectivity index (χ1) is 10.1. The smallest absolute Gasteiger partial charge is 0.222 e. The van der Waals surface area contributed by atoms with Gasteiger partial charge in [-0.25, -0.2) is 0 Å². The molecule has 2 rings (SSSR count). The van der Waals surface area contributed by atoms with Gasteiger partial charge in [0, 0.05) is 20.0 Å². The van der Waals surface area contributed by atoms with Crippen LogP contribution in [0.15, 0.2) is 24.3 Å². The zero-order chi connectivity index (χ0) is 15.1. The fourth-order valence-corrected chi connectivity index (χ4v) is 2.98. The van der Waals surface area contributed by atoms with Crippen molar-refractivity contribution >= 4 is 5.91 Å². The lowest BCUT2D eigenvalue weighted by Crippen LogP contribution is -2.32. The van der Waals surface area contributed by atoms with E-state index in [0.29, 0.717) is 6.42 Å². The van der Waals surface area contributed by atoms with E-state index in [2.05, 4.69) is 36.5 Å². The van der Waals surface area contributed by atoms with Crippen LogP contribution in [-0.2, 0) is 11.2 Å². The molecule has 1 N–H and O–H groups in total. The molecular formula is C18H28N2O. The van der Waals surface area contributed by atoms with Crippen LogP contribution >= 0.6 is 0 Å². The highest BCUT2D eigenvalue weighted by molar-refractivity contribution is 5.76. The van der Waals surface area contributed by atoms with Crippen LogP contribution in [0.1, 0.15) is 36.8 Å². The first kappa shape index (κ1) is 16.0. The first-order valence-corrected chi connectivity index (χ1v) is 8.15. The van der Waals surface area contributed by atoms with Crippen molar-refractivity contribution in [2.24, 2.45) is 5.92 Å². The molecule has 1 amide bonds. The van der Waals surface area contributed by atoms with Gasteiger partial charge in [-0.2, -0.15) is 0 Å². The second-order valence-electron chi connectivity index (χ2n) is 6.29. The van der Waals surface area contributed by atoms with Crippen molar-refractivity contribution in [2.45, 2.75) is 39.0 Å². The molecule has 0 unspecified atom stereocenters. The summed E-state index contributed by atoms with van der Waals surface area (Å²) >= 11 is 0. The van der Waals surface area contributed by atoms with Gasteiger partial charge >= 0.3 is 0 Å². The Kier molecular flexibility index (Phi) is 6.24. The van der Waals surface area contributed by atoms with Gasteiger partial charge in [-0.1, -0.05) is 29.8 Å². The molecule has 0 aliphatic carbocycles. The van der Waals surface area contributed by atoms with Crippen molar-refractivity contribution in [2.75, 3.05) is 26.7 Å². The maximum Gasteiger partial charge on any atom is 0.222 e. The van der Waals surface area contributed by atoms with Crippen molar-refractivity contribution in [1.29, 1.82) is 0 Å². The Bertz CT molecular complexity index is 452. The molecule has 116 valence electrons. The summed E-state index contributed by atoms with van der Waals surface area (Å²) < 4.78 is 0. The quantitative estimate of drug-likeness (QED) is 0.873. The maximum atomic E-state index is 12.2. The van der Waals surface area contributed by atoms with Crippen molar-refractivity contribution < 1.29 is 4.79 Å². The lowest BCUT2D eigenvalue weighted by atomic mass is 9.94. The number of hydrogen-bond acceptors (Lipinski definition) is 2. The zero-order valence-corrected chi connectivity index (χ0v) is 13.4. The zero-order valence-electron chi connectivity index (χ0n) is 13.4. The Labute approximate surface area is 128 Å². The van der Waals surface area contributed by atoms with Crippen LogP contribution in [0.3, 0.4) is 0 Å². The van der Waals surface area contributed by atoms with Crippen LogP contribution in [-0.4, -0.2) is 37.5 Å². The number of rotatable bonds is 6. The molecule has 1 aromatic carbocycles. The highest BCUT2D eigenvalue weighted by atomic mass is 16.2. The van der Waals surface area contributed by atoms with E-state index in [1.54, 1.807) is 0 Å². The third-order valence-electron chi connectivity index (χ3n) is 4.47. The van der Waals surface area contributed by atoms with Gasteiger partial charge < -0.3 is 10.2 Å². The Morgan fingerprint density at radius 1 is 1.33 bits per heavy atom. The third kappa shape index (κ3) is 5.50. The fourth-order valence-electron chi connectivity index (χ4n) is 2.98. The van der Waals surface area contributed by atoms with Gasteiger partial charge in [0.25, 0.3) is 0 Å². The van der Waals surface area contributed by atoms with Crippen molar-refractivity contribution in [3.05, 3.63) is 35.4 Å².